The SMILES string of the molecule is O=C(N/N=C/c1ccc(OCc2ccccc2)cc1)[C@H]1COc2cc3ccccc3cc2O1. The second kappa shape index (κ2) is 9.44. The minimum atomic E-state index is -0.774. The van der Waals surface area contributed by atoms with Gasteiger partial charge in [0.25, 0.3) is 5.91 Å². The van der Waals surface area contributed by atoms with E-state index in [0.29, 0.717) is 18.1 Å². The van der Waals surface area contributed by atoms with Gasteiger partial charge in [0.1, 0.15) is 19.0 Å². The molecule has 5 rings (SSSR count). The summed E-state index contributed by atoms with van der Waals surface area (Å²) in [4.78, 5) is 12.5. The molecule has 1 heterocycles. The molecule has 33 heavy (non-hydrogen) atoms. The van der Waals surface area contributed by atoms with Crippen LogP contribution in [-0.4, -0.2) is 24.8 Å². The van der Waals surface area contributed by atoms with Crippen LogP contribution >= 0.6 is 0 Å². The number of carbonyl (C=O) groups is 1. The van der Waals surface area contributed by atoms with Crippen LogP contribution < -0.4 is 19.6 Å². The van der Waals surface area contributed by atoms with Crippen molar-refractivity contribution in [2.24, 2.45) is 5.10 Å². The van der Waals surface area contributed by atoms with Crippen LogP contribution in [0.4, 0.5) is 0 Å². The molecule has 0 saturated heterocycles. The third-order valence-corrected chi connectivity index (χ3v) is 5.28. The van der Waals surface area contributed by atoms with E-state index >= 15 is 0 Å². The highest BCUT2D eigenvalue weighted by Crippen LogP contribution is 2.35. The number of nitrogens with one attached hydrogen (secondary N) is 1. The second-order valence-electron chi connectivity index (χ2n) is 7.64. The van der Waals surface area contributed by atoms with Crippen LogP contribution in [-0.2, 0) is 11.4 Å². The molecule has 0 aromatic heterocycles. The number of carbonyl (C=O) groups excluding carboxylic acids is 1. The highest BCUT2D eigenvalue weighted by Gasteiger charge is 2.27. The molecule has 4 aromatic carbocycles. The van der Waals surface area contributed by atoms with Gasteiger partial charge in [-0.05, 0) is 58.3 Å². The van der Waals surface area contributed by atoms with Crippen LogP contribution in [0.1, 0.15) is 11.1 Å². The number of ether oxygens (including phenoxy) is 3. The Morgan fingerprint density at radius 3 is 2.39 bits per heavy atom. The molecule has 0 saturated carbocycles. The number of fused-ring (bicyclic) bond motifs is 2. The van der Waals surface area contributed by atoms with E-state index in [0.717, 1.165) is 27.6 Å². The summed E-state index contributed by atoms with van der Waals surface area (Å²) < 4.78 is 17.4. The van der Waals surface area contributed by atoms with Crippen molar-refractivity contribution >= 4 is 22.9 Å². The number of nitrogens with zero attached hydrogens (tertiary/aromatic N) is 1. The van der Waals surface area contributed by atoms with Crippen LogP contribution in [0.15, 0.2) is 96.1 Å². The second-order valence-corrected chi connectivity index (χ2v) is 7.64. The molecule has 0 unspecified atom stereocenters. The first-order valence-corrected chi connectivity index (χ1v) is 10.7. The van der Waals surface area contributed by atoms with E-state index in [1.165, 1.54) is 0 Å². The Morgan fingerprint density at radius 2 is 1.64 bits per heavy atom. The summed E-state index contributed by atoms with van der Waals surface area (Å²) in [7, 11) is 0. The smallest absolute Gasteiger partial charge is 0.284 e. The Hall–Kier alpha value is -4.32. The first-order valence-electron chi connectivity index (χ1n) is 10.7. The zero-order valence-corrected chi connectivity index (χ0v) is 17.8. The largest absolute Gasteiger partial charge is 0.489 e. The maximum absolute atomic E-state index is 12.5. The zero-order valence-electron chi connectivity index (χ0n) is 17.8. The monoisotopic (exact) mass is 438 g/mol. The van der Waals surface area contributed by atoms with E-state index in [1.54, 1.807) is 6.21 Å². The molecular formula is C27H22N2O4. The molecule has 6 nitrogen and oxygen atoms in total. The van der Waals surface area contributed by atoms with Gasteiger partial charge in [-0.25, -0.2) is 5.43 Å². The van der Waals surface area contributed by atoms with Crippen molar-refractivity contribution in [3.8, 4) is 17.2 Å². The van der Waals surface area contributed by atoms with Gasteiger partial charge >= 0.3 is 0 Å². The number of benzene rings is 4. The average Bonchev–Trinajstić information content (AvgIpc) is 2.87. The molecule has 0 radical (unpaired) electrons. The molecule has 1 aliphatic heterocycles. The first kappa shape index (κ1) is 20.6. The Morgan fingerprint density at radius 1 is 0.939 bits per heavy atom. The molecule has 1 N–H and O–H groups in total. The fourth-order valence-electron chi connectivity index (χ4n) is 3.52. The predicted molar refractivity (Wildman–Crippen MR) is 127 cm³/mol. The fourth-order valence-corrected chi connectivity index (χ4v) is 3.52. The molecule has 1 aliphatic rings. The first-order chi connectivity index (χ1) is 16.2. The van der Waals surface area contributed by atoms with Gasteiger partial charge < -0.3 is 14.2 Å². The maximum atomic E-state index is 12.5. The van der Waals surface area contributed by atoms with E-state index in [2.05, 4.69) is 10.5 Å². The lowest BCUT2D eigenvalue weighted by Crippen LogP contribution is -2.42. The number of hydrazone groups is 1. The Balaban J connectivity index is 1.15. The molecule has 1 amide bonds. The van der Waals surface area contributed by atoms with Crippen LogP contribution in [0.3, 0.4) is 0 Å². The lowest BCUT2D eigenvalue weighted by molar-refractivity contribution is -0.130. The lowest BCUT2D eigenvalue weighted by Gasteiger charge is -2.25. The minimum absolute atomic E-state index is 0.125. The van der Waals surface area contributed by atoms with E-state index in [1.807, 2.05) is 91.0 Å². The van der Waals surface area contributed by atoms with Gasteiger partial charge in [0.05, 0.1) is 6.21 Å². The molecule has 0 bridgehead atoms. The van der Waals surface area contributed by atoms with Crippen molar-refractivity contribution in [3.63, 3.8) is 0 Å². The molecule has 1 atom stereocenters. The minimum Gasteiger partial charge on any atom is -0.489 e. The van der Waals surface area contributed by atoms with Crippen LogP contribution in [0.2, 0.25) is 0 Å². The van der Waals surface area contributed by atoms with Gasteiger partial charge in [0.2, 0.25) is 6.10 Å². The van der Waals surface area contributed by atoms with E-state index in [9.17, 15) is 4.79 Å². The number of hydrogen-bond donors (Lipinski definition) is 1. The summed E-state index contributed by atoms with van der Waals surface area (Å²) in [5.41, 5.74) is 4.46. The summed E-state index contributed by atoms with van der Waals surface area (Å²) >= 11 is 0. The fraction of sp³-hybridized carbons (Fsp3) is 0.111. The molecular weight excluding hydrogens is 416 g/mol. The number of hydrogen-bond acceptors (Lipinski definition) is 5. The van der Waals surface area contributed by atoms with Gasteiger partial charge in [-0.15, -0.1) is 0 Å². The Labute approximate surface area is 191 Å². The number of rotatable bonds is 6. The van der Waals surface area contributed by atoms with Gasteiger partial charge in [-0.2, -0.15) is 5.10 Å². The van der Waals surface area contributed by atoms with E-state index < -0.39 is 6.10 Å². The quantitative estimate of drug-likeness (QED) is 0.350. The van der Waals surface area contributed by atoms with Crippen LogP contribution in [0.5, 0.6) is 17.2 Å². The van der Waals surface area contributed by atoms with Crippen molar-refractivity contribution in [2.45, 2.75) is 12.7 Å². The summed E-state index contributed by atoms with van der Waals surface area (Å²) in [5, 5.41) is 6.13. The third-order valence-electron chi connectivity index (χ3n) is 5.28. The van der Waals surface area contributed by atoms with E-state index in [4.69, 9.17) is 14.2 Å². The normalized spacial score (nSPS) is 14.8. The van der Waals surface area contributed by atoms with Crippen LogP contribution in [0, 0.1) is 0 Å². The number of amides is 1. The Bertz CT molecular complexity index is 1290. The standard InChI is InChI=1S/C27H22N2O4/c30-27(26-18-32-24-14-21-8-4-5-9-22(21)15-25(24)33-26)29-28-16-19-10-12-23(13-11-19)31-17-20-6-2-1-3-7-20/h1-16,26H,17-18H2,(H,29,30)/b28-16+/t26-/m1/s1. The molecule has 6 heteroatoms. The molecule has 0 fully saturated rings. The molecule has 0 aliphatic carbocycles. The van der Waals surface area contributed by atoms with Crippen molar-refractivity contribution < 1.29 is 19.0 Å². The summed E-state index contributed by atoms with van der Waals surface area (Å²) in [5.74, 6) is 1.58. The van der Waals surface area contributed by atoms with Gasteiger partial charge in [-0.3, -0.25) is 4.79 Å². The van der Waals surface area contributed by atoms with Crippen molar-refractivity contribution in [3.05, 3.63) is 102 Å². The van der Waals surface area contributed by atoms with Crippen LogP contribution in [0.25, 0.3) is 10.8 Å². The molecule has 0 spiro atoms. The summed E-state index contributed by atoms with van der Waals surface area (Å²) in [6, 6.07) is 29.2. The zero-order chi connectivity index (χ0) is 22.5. The van der Waals surface area contributed by atoms with Crippen molar-refractivity contribution in [1.29, 1.82) is 0 Å². The predicted octanol–water partition coefficient (Wildman–Crippen LogP) is 4.71. The van der Waals surface area contributed by atoms with Gasteiger partial charge in [0, 0.05) is 0 Å². The van der Waals surface area contributed by atoms with E-state index in [-0.39, 0.29) is 12.5 Å². The lowest BCUT2D eigenvalue weighted by atomic mass is 10.1. The average molecular weight is 438 g/mol. The highest BCUT2D eigenvalue weighted by atomic mass is 16.6. The molecule has 4 aromatic rings. The maximum Gasteiger partial charge on any atom is 0.284 e. The third kappa shape index (κ3) is 4.96. The van der Waals surface area contributed by atoms with Crippen molar-refractivity contribution in [2.75, 3.05) is 6.61 Å². The summed E-state index contributed by atoms with van der Waals surface area (Å²) in [6.45, 7) is 0.632. The van der Waals surface area contributed by atoms with Gasteiger partial charge in [-0.1, -0.05) is 54.6 Å². The molecule has 164 valence electrons. The van der Waals surface area contributed by atoms with Crippen molar-refractivity contribution in [1.82, 2.24) is 5.43 Å². The highest BCUT2D eigenvalue weighted by molar-refractivity contribution is 5.88. The summed E-state index contributed by atoms with van der Waals surface area (Å²) in [6.07, 6.45) is 0.800. The topological polar surface area (TPSA) is 69.2 Å². The van der Waals surface area contributed by atoms with Gasteiger partial charge in [0.15, 0.2) is 11.5 Å². The Kier molecular flexibility index (Phi) is 5.89.